The fourth-order valence-electron chi connectivity index (χ4n) is 4.93. The van der Waals surface area contributed by atoms with Crippen LogP contribution < -0.4 is 14.4 Å². The molecule has 7 heteroatoms. The molecule has 0 fully saturated rings. The van der Waals surface area contributed by atoms with Crippen molar-refractivity contribution in [1.82, 2.24) is 4.98 Å². The maximum atomic E-state index is 12.7. The molecule has 1 aromatic heterocycles. The fourth-order valence-corrected chi connectivity index (χ4v) is 4.93. The summed E-state index contributed by atoms with van der Waals surface area (Å²) in [5.74, 6) is 1.12. The van der Waals surface area contributed by atoms with Crippen molar-refractivity contribution >= 4 is 17.6 Å². The summed E-state index contributed by atoms with van der Waals surface area (Å²) in [4.78, 5) is 31.5. The lowest BCUT2D eigenvalue weighted by atomic mass is 9.97. The van der Waals surface area contributed by atoms with Crippen LogP contribution in [0.1, 0.15) is 26.3 Å². The Labute approximate surface area is 240 Å². The molecule has 0 unspecified atom stereocenters. The van der Waals surface area contributed by atoms with Gasteiger partial charge >= 0.3 is 5.97 Å². The maximum Gasteiger partial charge on any atom is 0.326 e. The van der Waals surface area contributed by atoms with Gasteiger partial charge in [-0.1, -0.05) is 50.2 Å². The molecule has 0 spiro atoms. The lowest BCUT2D eigenvalue weighted by molar-refractivity contribution is -0.142. The summed E-state index contributed by atoms with van der Waals surface area (Å²) >= 11 is 0. The summed E-state index contributed by atoms with van der Waals surface area (Å²) in [6, 6.07) is 26.2. The highest BCUT2D eigenvalue weighted by atomic mass is 16.5. The zero-order valence-corrected chi connectivity index (χ0v) is 23.8. The minimum Gasteiger partial charge on any atom is -0.497 e. The monoisotopic (exact) mass is 550 g/mol. The second-order valence-electron chi connectivity index (χ2n) is 10.4. The molecule has 0 saturated heterocycles. The highest BCUT2D eigenvalue weighted by Gasteiger charge is 2.28. The third kappa shape index (κ3) is 6.40. The van der Waals surface area contributed by atoms with Gasteiger partial charge in [0.25, 0.3) is 5.91 Å². The van der Waals surface area contributed by atoms with Crippen molar-refractivity contribution < 1.29 is 23.8 Å². The summed E-state index contributed by atoms with van der Waals surface area (Å²) in [6.45, 7) is 6.10. The Morgan fingerprint density at radius 1 is 0.902 bits per heavy atom. The van der Waals surface area contributed by atoms with E-state index in [1.807, 2.05) is 48.5 Å². The van der Waals surface area contributed by atoms with Crippen LogP contribution in [0.2, 0.25) is 0 Å². The molecule has 4 aromatic rings. The first-order valence-electron chi connectivity index (χ1n) is 13.8. The van der Waals surface area contributed by atoms with Crippen molar-refractivity contribution in [3.8, 4) is 45.1 Å². The number of hydrogen-bond acceptors (Lipinski definition) is 6. The third-order valence-electron chi connectivity index (χ3n) is 6.93. The molecule has 1 aliphatic heterocycles. The van der Waals surface area contributed by atoms with E-state index in [0.717, 1.165) is 45.8 Å². The van der Waals surface area contributed by atoms with Crippen LogP contribution in [0, 0.1) is 5.92 Å². The van der Waals surface area contributed by atoms with Crippen molar-refractivity contribution in [3.05, 3.63) is 84.4 Å². The summed E-state index contributed by atoms with van der Waals surface area (Å²) in [7, 11) is 1.65. The number of hydrogen-bond donors (Lipinski definition) is 0. The molecule has 0 atom stereocenters. The Morgan fingerprint density at radius 3 is 2.22 bits per heavy atom. The van der Waals surface area contributed by atoms with E-state index in [1.54, 1.807) is 14.0 Å². The predicted molar refractivity (Wildman–Crippen MR) is 160 cm³/mol. The van der Waals surface area contributed by atoms with Gasteiger partial charge in [-0.05, 0) is 78.4 Å². The molecule has 7 nitrogen and oxygen atoms in total. The van der Waals surface area contributed by atoms with E-state index in [-0.39, 0.29) is 25.7 Å². The van der Waals surface area contributed by atoms with Gasteiger partial charge in [-0.25, -0.2) is 4.98 Å². The van der Waals surface area contributed by atoms with Crippen LogP contribution in [0.15, 0.2) is 78.9 Å². The smallest absolute Gasteiger partial charge is 0.326 e. The summed E-state index contributed by atoms with van der Waals surface area (Å²) < 4.78 is 16.1. The van der Waals surface area contributed by atoms with Gasteiger partial charge in [-0.15, -0.1) is 0 Å². The van der Waals surface area contributed by atoms with Crippen LogP contribution in [0.4, 0.5) is 5.69 Å². The van der Waals surface area contributed by atoms with Gasteiger partial charge in [0.2, 0.25) is 0 Å². The Hall–Kier alpha value is -4.65. The van der Waals surface area contributed by atoms with Crippen LogP contribution >= 0.6 is 0 Å². The normalized spacial score (nSPS) is 12.6. The molecular weight excluding hydrogens is 516 g/mol. The molecule has 1 aliphatic rings. The standard InChI is InChI=1S/C34H34N2O5/c1-5-40-34(38)20-36-31-19-26(12-15-32(31)41-21-33(36)37)30-18-27(24-10-13-28(39-4)14-11-24)17-29(35-30)25-8-6-23(7-9-25)16-22(2)3/h6-15,17-19,22H,5,16,20-21H2,1-4H3. The topological polar surface area (TPSA) is 78.0 Å². The van der Waals surface area contributed by atoms with Crippen LogP contribution in [0.5, 0.6) is 11.5 Å². The average Bonchev–Trinajstić information content (AvgIpc) is 2.98. The molecule has 210 valence electrons. The Balaban J connectivity index is 1.59. The molecular formula is C34H34N2O5. The first-order valence-corrected chi connectivity index (χ1v) is 13.8. The van der Waals surface area contributed by atoms with Crippen molar-refractivity contribution in [2.24, 2.45) is 5.92 Å². The molecule has 41 heavy (non-hydrogen) atoms. The SMILES string of the molecule is CCOC(=O)CN1C(=O)COc2ccc(-c3cc(-c4ccc(OC)cc4)cc(-c4ccc(CC(C)C)cc4)n3)cc21. The van der Waals surface area contributed by atoms with Crippen molar-refractivity contribution in [3.63, 3.8) is 0 Å². The second-order valence-corrected chi connectivity index (χ2v) is 10.4. The zero-order valence-electron chi connectivity index (χ0n) is 23.8. The van der Waals surface area contributed by atoms with Crippen LogP contribution in [-0.2, 0) is 20.7 Å². The molecule has 0 aliphatic carbocycles. The number of aromatic nitrogens is 1. The number of anilines is 1. The number of benzene rings is 3. The Morgan fingerprint density at radius 2 is 1.56 bits per heavy atom. The molecule has 0 N–H and O–H groups in total. The number of fused-ring (bicyclic) bond motifs is 1. The number of nitrogens with zero attached hydrogens (tertiary/aromatic N) is 2. The van der Waals surface area contributed by atoms with E-state index >= 15 is 0 Å². The van der Waals surface area contributed by atoms with E-state index in [4.69, 9.17) is 19.2 Å². The van der Waals surface area contributed by atoms with E-state index in [9.17, 15) is 9.59 Å². The van der Waals surface area contributed by atoms with Crippen molar-refractivity contribution in [2.45, 2.75) is 27.2 Å². The number of rotatable bonds is 9. The second kappa shape index (κ2) is 12.3. The van der Waals surface area contributed by atoms with Gasteiger partial charge in [-0.3, -0.25) is 14.5 Å². The van der Waals surface area contributed by atoms with Crippen molar-refractivity contribution in [1.29, 1.82) is 0 Å². The molecule has 5 rings (SSSR count). The van der Waals surface area contributed by atoms with Gasteiger partial charge in [0.05, 0.1) is 30.8 Å². The largest absolute Gasteiger partial charge is 0.497 e. The summed E-state index contributed by atoms with van der Waals surface area (Å²) in [6.07, 6.45) is 1.02. The van der Waals surface area contributed by atoms with E-state index in [1.165, 1.54) is 10.5 Å². The number of carbonyl (C=O) groups is 2. The molecule has 1 amide bonds. The van der Waals surface area contributed by atoms with E-state index < -0.39 is 5.97 Å². The van der Waals surface area contributed by atoms with Gasteiger partial charge < -0.3 is 14.2 Å². The highest BCUT2D eigenvalue weighted by Crippen LogP contribution is 2.38. The van der Waals surface area contributed by atoms with Gasteiger partial charge in [0.1, 0.15) is 18.0 Å². The van der Waals surface area contributed by atoms with Crippen LogP contribution in [0.25, 0.3) is 33.6 Å². The van der Waals surface area contributed by atoms with Crippen LogP contribution in [0.3, 0.4) is 0 Å². The minimum absolute atomic E-state index is 0.131. The number of ether oxygens (including phenoxy) is 3. The van der Waals surface area contributed by atoms with E-state index in [0.29, 0.717) is 17.4 Å². The third-order valence-corrected chi connectivity index (χ3v) is 6.93. The number of pyridine rings is 1. The first-order chi connectivity index (χ1) is 19.8. The Bertz CT molecular complexity index is 1540. The highest BCUT2D eigenvalue weighted by molar-refractivity contribution is 6.02. The van der Waals surface area contributed by atoms with Crippen LogP contribution in [-0.4, -0.2) is 43.7 Å². The molecule has 0 saturated carbocycles. The fraction of sp³-hybridized carbons (Fsp3) is 0.265. The zero-order chi connectivity index (χ0) is 28.9. The van der Waals surface area contributed by atoms with E-state index in [2.05, 4.69) is 44.2 Å². The summed E-state index contributed by atoms with van der Waals surface area (Å²) in [5, 5.41) is 0. The molecule has 0 radical (unpaired) electrons. The summed E-state index contributed by atoms with van der Waals surface area (Å²) in [5.41, 5.74) is 7.19. The number of methoxy groups -OCH3 is 1. The quantitative estimate of drug-likeness (QED) is 0.219. The molecule has 3 aromatic carbocycles. The van der Waals surface area contributed by atoms with Gasteiger partial charge in [0.15, 0.2) is 6.61 Å². The number of carbonyl (C=O) groups excluding carboxylic acids is 2. The van der Waals surface area contributed by atoms with Gasteiger partial charge in [-0.2, -0.15) is 0 Å². The number of amides is 1. The lowest BCUT2D eigenvalue weighted by Gasteiger charge is -2.29. The lowest BCUT2D eigenvalue weighted by Crippen LogP contribution is -2.42. The average molecular weight is 551 g/mol. The number of esters is 1. The predicted octanol–water partition coefficient (Wildman–Crippen LogP) is 6.58. The first kappa shape index (κ1) is 27.9. The Kier molecular flexibility index (Phi) is 8.34. The molecule has 0 bridgehead atoms. The maximum absolute atomic E-state index is 12.7. The minimum atomic E-state index is -0.470. The molecule has 2 heterocycles. The van der Waals surface area contributed by atoms with Crippen molar-refractivity contribution in [2.75, 3.05) is 31.8 Å². The van der Waals surface area contributed by atoms with Gasteiger partial charge in [0, 0.05) is 11.1 Å².